The minimum Gasteiger partial charge on any atom is -0.396 e. The molecule has 2 rings (SSSR count). The Morgan fingerprint density at radius 2 is 1.90 bits per heavy atom. The van der Waals surface area contributed by atoms with E-state index in [2.05, 4.69) is 26.5 Å². The van der Waals surface area contributed by atoms with Gasteiger partial charge in [0.25, 0.3) is 0 Å². The highest BCUT2D eigenvalue weighted by Crippen LogP contribution is 2.63. The van der Waals surface area contributed by atoms with Crippen molar-refractivity contribution in [1.82, 2.24) is 0 Å². The fourth-order valence-electron chi connectivity index (χ4n) is 6.69. The van der Waals surface area contributed by atoms with Gasteiger partial charge in [0.15, 0.2) is 0 Å². The molecule has 0 radical (unpaired) electrons. The summed E-state index contributed by atoms with van der Waals surface area (Å²) in [6.45, 7) is 9.74. The minimum absolute atomic E-state index is 0.0421. The average Bonchev–Trinajstić information content (AvgIpc) is 3.25. The first-order valence-corrected chi connectivity index (χ1v) is 14.3. The van der Waals surface area contributed by atoms with Crippen LogP contribution in [0, 0.1) is 17.3 Å². The van der Waals surface area contributed by atoms with E-state index in [-0.39, 0.29) is 44.7 Å². The number of allylic oxidation sites excluding steroid dienone is 8. The fraction of sp³-hybridized carbons (Fsp3) is 0.656. The average molecular weight is 547 g/mol. The SMILES string of the molecule is C=C(C=CC=C(COCCO)C1CCC2(C(CCCO)C(=C(C)C=O)CCC2(O)CO)C1O)CCC=C(C)C. The number of hydrogen-bond acceptors (Lipinski definition) is 7. The maximum atomic E-state index is 12.0. The Morgan fingerprint density at radius 1 is 1.15 bits per heavy atom. The lowest BCUT2D eigenvalue weighted by atomic mass is 9.52. The van der Waals surface area contributed by atoms with Crippen molar-refractivity contribution < 1.29 is 35.1 Å². The van der Waals surface area contributed by atoms with Crippen LogP contribution in [0.5, 0.6) is 0 Å². The van der Waals surface area contributed by atoms with Gasteiger partial charge in [0, 0.05) is 17.9 Å². The predicted molar refractivity (Wildman–Crippen MR) is 154 cm³/mol. The second-order valence-corrected chi connectivity index (χ2v) is 11.4. The van der Waals surface area contributed by atoms with Gasteiger partial charge in [0.05, 0.1) is 38.1 Å². The predicted octanol–water partition coefficient (Wildman–Crippen LogP) is 3.96. The normalized spacial score (nSPS) is 30.7. The lowest BCUT2D eigenvalue weighted by Crippen LogP contribution is -2.62. The molecule has 0 aromatic carbocycles. The van der Waals surface area contributed by atoms with Crippen molar-refractivity contribution in [2.24, 2.45) is 17.3 Å². The first kappa shape index (κ1) is 33.3. The molecule has 0 heterocycles. The monoisotopic (exact) mass is 546 g/mol. The van der Waals surface area contributed by atoms with Crippen molar-refractivity contribution >= 4 is 6.29 Å². The summed E-state index contributed by atoms with van der Waals surface area (Å²) in [5, 5.41) is 53.2. The highest BCUT2D eigenvalue weighted by molar-refractivity contribution is 5.74. The van der Waals surface area contributed by atoms with Crippen molar-refractivity contribution in [2.45, 2.75) is 83.8 Å². The summed E-state index contributed by atoms with van der Waals surface area (Å²) < 4.78 is 5.68. The van der Waals surface area contributed by atoms with Crippen LogP contribution in [0.15, 0.2) is 58.7 Å². The Bertz CT molecular complexity index is 942. The van der Waals surface area contributed by atoms with E-state index in [1.807, 2.05) is 18.2 Å². The van der Waals surface area contributed by atoms with Gasteiger partial charge in [-0.1, -0.05) is 47.6 Å². The molecule has 2 fully saturated rings. The van der Waals surface area contributed by atoms with Crippen LogP contribution in [-0.4, -0.2) is 76.6 Å². The molecule has 39 heavy (non-hydrogen) atoms. The fourth-order valence-corrected chi connectivity index (χ4v) is 6.69. The summed E-state index contributed by atoms with van der Waals surface area (Å²) in [6, 6.07) is 0. The number of aliphatic hydroxyl groups excluding tert-OH is 4. The summed E-state index contributed by atoms with van der Waals surface area (Å²) in [4.78, 5) is 11.8. The molecular weight excluding hydrogens is 496 g/mol. The van der Waals surface area contributed by atoms with E-state index in [0.29, 0.717) is 37.7 Å². The quantitative estimate of drug-likeness (QED) is 0.0692. The van der Waals surface area contributed by atoms with Crippen LogP contribution in [0.1, 0.15) is 72.1 Å². The molecule has 7 heteroatoms. The molecule has 5 atom stereocenters. The summed E-state index contributed by atoms with van der Waals surface area (Å²) in [5.41, 5.74) is 1.96. The molecule has 5 N–H and O–H groups in total. The van der Waals surface area contributed by atoms with Gasteiger partial charge in [-0.3, -0.25) is 4.79 Å². The Labute approximate surface area is 234 Å². The lowest BCUT2D eigenvalue weighted by Gasteiger charge is -2.56. The largest absolute Gasteiger partial charge is 0.396 e. The van der Waals surface area contributed by atoms with Gasteiger partial charge in [0.2, 0.25) is 0 Å². The molecule has 2 aliphatic rings. The summed E-state index contributed by atoms with van der Waals surface area (Å²) >= 11 is 0. The third kappa shape index (κ3) is 7.87. The molecule has 0 aromatic rings. The smallest absolute Gasteiger partial charge is 0.145 e. The summed E-state index contributed by atoms with van der Waals surface area (Å²) in [7, 11) is 0. The molecule has 0 aromatic heterocycles. The van der Waals surface area contributed by atoms with Crippen molar-refractivity contribution in [2.75, 3.05) is 33.0 Å². The van der Waals surface area contributed by atoms with Crippen molar-refractivity contribution in [3.05, 3.63) is 58.7 Å². The van der Waals surface area contributed by atoms with E-state index in [1.54, 1.807) is 6.92 Å². The topological polar surface area (TPSA) is 127 Å². The van der Waals surface area contributed by atoms with Crippen LogP contribution in [-0.2, 0) is 9.53 Å². The standard InChI is InChI=1S/C32H50O7/c1-23(2)8-5-9-24(3)10-6-11-26(21-39-19-18-34)28-14-16-32(30(28)37)29(12-7-17-33)27(25(4)20-35)13-15-31(32,38)22-36/h6,8,10-11,20,28-30,33-34,36-38H,3,5,7,9,12-19,21-22H2,1-2,4H3. The van der Waals surface area contributed by atoms with E-state index < -0.39 is 23.7 Å². The van der Waals surface area contributed by atoms with Crippen LogP contribution in [0.2, 0.25) is 0 Å². The molecule has 220 valence electrons. The number of carbonyl (C=O) groups excluding carboxylic acids is 1. The second-order valence-electron chi connectivity index (χ2n) is 11.4. The van der Waals surface area contributed by atoms with E-state index >= 15 is 0 Å². The number of carbonyl (C=O) groups is 1. The van der Waals surface area contributed by atoms with Crippen LogP contribution in [0.4, 0.5) is 0 Å². The highest BCUT2D eigenvalue weighted by atomic mass is 16.5. The summed E-state index contributed by atoms with van der Waals surface area (Å²) in [5.74, 6) is -0.705. The molecule has 1 spiro atoms. The minimum atomic E-state index is -1.53. The Hall–Kier alpha value is -1.87. The maximum absolute atomic E-state index is 12.0. The van der Waals surface area contributed by atoms with Crippen molar-refractivity contribution in [1.29, 1.82) is 0 Å². The van der Waals surface area contributed by atoms with Gasteiger partial charge in [0.1, 0.15) is 6.29 Å². The first-order valence-electron chi connectivity index (χ1n) is 14.3. The summed E-state index contributed by atoms with van der Waals surface area (Å²) in [6.07, 6.45) is 12.2. The number of aldehydes is 1. The molecule has 7 nitrogen and oxygen atoms in total. The zero-order valence-electron chi connectivity index (χ0n) is 24.1. The van der Waals surface area contributed by atoms with Gasteiger partial charge >= 0.3 is 0 Å². The third-order valence-corrected chi connectivity index (χ3v) is 8.73. The second kappa shape index (κ2) is 15.8. The zero-order chi connectivity index (χ0) is 29.1. The van der Waals surface area contributed by atoms with Crippen molar-refractivity contribution in [3.8, 4) is 0 Å². The van der Waals surface area contributed by atoms with Gasteiger partial charge in [-0.05, 0) is 89.2 Å². The van der Waals surface area contributed by atoms with Crippen LogP contribution >= 0.6 is 0 Å². The third-order valence-electron chi connectivity index (χ3n) is 8.73. The molecule has 0 amide bonds. The molecular formula is C32H50O7. The molecule has 2 saturated carbocycles. The van der Waals surface area contributed by atoms with E-state index in [9.17, 15) is 30.3 Å². The van der Waals surface area contributed by atoms with Crippen LogP contribution in [0.25, 0.3) is 0 Å². The van der Waals surface area contributed by atoms with E-state index in [4.69, 9.17) is 4.74 Å². The Kier molecular flexibility index (Phi) is 13.5. The molecule has 0 aliphatic heterocycles. The zero-order valence-corrected chi connectivity index (χ0v) is 24.1. The molecule has 2 aliphatic carbocycles. The molecule has 0 saturated heterocycles. The van der Waals surface area contributed by atoms with Gasteiger partial charge in [-0.25, -0.2) is 0 Å². The first-order chi connectivity index (χ1) is 18.6. The number of aliphatic hydroxyl groups is 5. The Balaban J connectivity index is 2.46. The van der Waals surface area contributed by atoms with Crippen molar-refractivity contribution in [3.63, 3.8) is 0 Å². The maximum Gasteiger partial charge on any atom is 0.145 e. The van der Waals surface area contributed by atoms with E-state index in [0.717, 1.165) is 35.8 Å². The van der Waals surface area contributed by atoms with Gasteiger partial charge < -0.3 is 30.3 Å². The number of hydrogen-bond donors (Lipinski definition) is 5. The highest BCUT2D eigenvalue weighted by Gasteiger charge is 2.65. The molecule has 5 unspecified atom stereocenters. The van der Waals surface area contributed by atoms with Crippen LogP contribution in [0.3, 0.4) is 0 Å². The Morgan fingerprint density at radius 3 is 2.51 bits per heavy atom. The van der Waals surface area contributed by atoms with E-state index in [1.165, 1.54) is 5.57 Å². The van der Waals surface area contributed by atoms with Crippen LogP contribution < -0.4 is 0 Å². The number of rotatable bonds is 15. The van der Waals surface area contributed by atoms with Gasteiger partial charge in [-0.15, -0.1) is 0 Å². The van der Waals surface area contributed by atoms with Gasteiger partial charge in [-0.2, -0.15) is 0 Å². The lowest BCUT2D eigenvalue weighted by molar-refractivity contribution is -0.195. The molecule has 0 bridgehead atoms. The number of ether oxygens (including phenoxy) is 1.